The van der Waals surface area contributed by atoms with Crippen LogP contribution in [0.1, 0.15) is 30.3 Å². The van der Waals surface area contributed by atoms with Crippen LogP contribution in [0.15, 0.2) is 41.7 Å². The van der Waals surface area contributed by atoms with Crippen molar-refractivity contribution in [3.05, 3.63) is 59.8 Å². The first-order valence-electron chi connectivity index (χ1n) is 8.52. The maximum Gasteiger partial charge on any atom is 0.175 e. The largest absolute Gasteiger partial charge is 0.356 e. The van der Waals surface area contributed by atoms with Crippen LogP contribution in [0.2, 0.25) is 0 Å². The molecule has 1 aliphatic carbocycles. The van der Waals surface area contributed by atoms with Gasteiger partial charge >= 0.3 is 0 Å². The van der Waals surface area contributed by atoms with Crippen molar-refractivity contribution in [1.29, 1.82) is 0 Å². The molecule has 0 amide bonds. The fraction of sp³-hybridized carbons (Fsp3) is 0.278. The van der Waals surface area contributed by atoms with Crippen LogP contribution in [0.25, 0.3) is 0 Å². The van der Waals surface area contributed by atoms with E-state index in [1.165, 1.54) is 25.0 Å². The van der Waals surface area contributed by atoms with E-state index in [4.69, 9.17) is 0 Å². The summed E-state index contributed by atoms with van der Waals surface area (Å²) >= 11 is 0. The van der Waals surface area contributed by atoms with Gasteiger partial charge in [0.25, 0.3) is 0 Å². The smallest absolute Gasteiger partial charge is 0.175 e. The van der Waals surface area contributed by atoms with Crippen LogP contribution in [0.3, 0.4) is 0 Å². The Labute approximate surface area is 148 Å². The summed E-state index contributed by atoms with van der Waals surface area (Å²) in [6.07, 6.45) is 5.90. The van der Waals surface area contributed by atoms with E-state index < -0.39 is 11.6 Å². The molecule has 2 aliphatic rings. The lowest BCUT2D eigenvalue weighted by atomic mass is 10.2. The summed E-state index contributed by atoms with van der Waals surface area (Å²) in [6, 6.07) is 5.46. The van der Waals surface area contributed by atoms with Crippen LogP contribution in [-0.4, -0.2) is 32.1 Å². The number of hydrogen-bond donors (Lipinski definition) is 1. The van der Waals surface area contributed by atoms with Gasteiger partial charge in [-0.05, 0) is 25.0 Å². The van der Waals surface area contributed by atoms with Gasteiger partial charge in [-0.25, -0.2) is 18.8 Å². The topological polar surface area (TPSA) is 62.1 Å². The summed E-state index contributed by atoms with van der Waals surface area (Å²) in [4.78, 5) is 10.8. The van der Waals surface area contributed by atoms with Gasteiger partial charge in [0.1, 0.15) is 23.3 Å². The third-order valence-electron chi connectivity index (χ3n) is 4.72. The molecule has 0 spiro atoms. The summed E-state index contributed by atoms with van der Waals surface area (Å²) in [5, 5.41) is 7.31. The molecule has 1 aromatic carbocycles. The molecular formula is C18H16F2N6. The van der Waals surface area contributed by atoms with Gasteiger partial charge in [0.2, 0.25) is 0 Å². The number of nitrogens with zero attached hydrogens (tertiary/aromatic N) is 5. The quantitative estimate of drug-likeness (QED) is 0.784. The molecule has 0 radical (unpaired) electrons. The van der Waals surface area contributed by atoms with Gasteiger partial charge in [-0.1, -0.05) is 0 Å². The predicted octanol–water partition coefficient (Wildman–Crippen LogP) is 3.36. The molecule has 0 saturated heterocycles. The monoisotopic (exact) mass is 354 g/mol. The van der Waals surface area contributed by atoms with Crippen LogP contribution >= 0.6 is 0 Å². The van der Waals surface area contributed by atoms with E-state index in [0.717, 1.165) is 17.6 Å². The second kappa shape index (κ2) is 5.76. The molecule has 132 valence electrons. The van der Waals surface area contributed by atoms with Crippen molar-refractivity contribution in [2.24, 2.45) is 4.99 Å². The molecule has 26 heavy (non-hydrogen) atoms. The standard InChI is InChI=1S/C18H16F2N6/c19-12-5-13(20)7-14(6-12)25-9-17-21-3-4-26(17)18(10-25)22-16-8-15(23-24-16)11-1-2-11/h3-8,11H,1-2,9-10H2,(H,23,24). The van der Waals surface area contributed by atoms with E-state index in [1.54, 1.807) is 6.20 Å². The van der Waals surface area contributed by atoms with Gasteiger partial charge in [-0.2, -0.15) is 5.10 Å². The highest BCUT2D eigenvalue weighted by Crippen LogP contribution is 2.39. The second-order valence-electron chi connectivity index (χ2n) is 6.68. The Morgan fingerprint density at radius 3 is 2.65 bits per heavy atom. The van der Waals surface area contributed by atoms with Gasteiger partial charge < -0.3 is 4.90 Å². The Balaban J connectivity index is 1.51. The lowest BCUT2D eigenvalue weighted by Gasteiger charge is -2.30. The number of imidazole rings is 1. The number of anilines is 1. The van der Waals surface area contributed by atoms with E-state index in [-0.39, 0.29) is 0 Å². The third-order valence-corrected chi connectivity index (χ3v) is 4.72. The van der Waals surface area contributed by atoms with Crippen molar-refractivity contribution >= 4 is 17.3 Å². The molecule has 6 nitrogen and oxygen atoms in total. The lowest BCUT2D eigenvalue weighted by molar-refractivity contribution is 0.581. The molecule has 3 heterocycles. The van der Waals surface area contributed by atoms with E-state index >= 15 is 0 Å². The van der Waals surface area contributed by atoms with E-state index in [9.17, 15) is 8.78 Å². The molecule has 3 aromatic rings. The number of aliphatic imine (C=N–C) groups is 1. The fourth-order valence-corrected chi connectivity index (χ4v) is 3.27. The highest BCUT2D eigenvalue weighted by atomic mass is 19.1. The van der Waals surface area contributed by atoms with E-state index in [0.29, 0.717) is 36.3 Å². The Morgan fingerprint density at radius 1 is 1.08 bits per heavy atom. The minimum atomic E-state index is -0.603. The minimum Gasteiger partial charge on any atom is -0.356 e. The van der Waals surface area contributed by atoms with Crippen LogP contribution in [0.4, 0.5) is 20.3 Å². The highest BCUT2D eigenvalue weighted by molar-refractivity contribution is 5.92. The van der Waals surface area contributed by atoms with Crippen LogP contribution < -0.4 is 4.90 Å². The van der Waals surface area contributed by atoms with Crippen molar-refractivity contribution < 1.29 is 8.78 Å². The summed E-state index contributed by atoms with van der Waals surface area (Å²) in [5.41, 5.74) is 1.57. The van der Waals surface area contributed by atoms with E-state index in [2.05, 4.69) is 20.2 Å². The Kier molecular flexibility index (Phi) is 3.37. The number of rotatable bonds is 3. The zero-order valence-electron chi connectivity index (χ0n) is 13.9. The molecule has 0 bridgehead atoms. The zero-order valence-corrected chi connectivity index (χ0v) is 13.9. The molecular weight excluding hydrogens is 338 g/mol. The maximum atomic E-state index is 13.6. The summed E-state index contributed by atoms with van der Waals surface area (Å²) in [7, 11) is 0. The number of H-pyrrole nitrogens is 1. The number of aromatic amines is 1. The number of halogens is 2. The average Bonchev–Trinajstić information content (AvgIpc) is 3.15. The molecule has 0 unspecified atom stereocenters. The minimum absolute atomic E-state index is 0.401. The van der Waals surface area contributed by atoms with Gasteiger partial charge in [0, 0.05) is 41.8 Å². The molecule has 1 aliphatic heterocycles. The Hall–Kier alpha value is -3.03. The predicted molar refractivity (Wildman–Crippen MR) is 92.7 cm³/mol. The lowest BCUT2D eigenvalue weighted by Crippen LogP contribution is -2.39. The SMILES string of the molecule is Fc1cc(F)cc(N2CC(=Nc3cc(C4CC4)[nH]n3)n3ccnc3C2)c1. The molecule has 2 aromatic heterocycles. The van der Waals surface area contributed by atoms with Gasteiger partial charge in [-0.15, -0.1) is 0 Å². The first-order chi connectivity index (χ1) is 12.7. The van der Waals surface area contributed by atoms with Gasteiger partial charge in [0.15, 0.2) is 5.82 Å². The second-order valence-corrected chi connectivity index (χ2v) is 6.68. The molecule has 0 atom stereocenters. The molecule has 1 saturated carbocycles. The number of hydrogen-bond acceptors (Lipinski definition) is 4. The Morgan fingerprint density at radius 2 is 1.88 bits per heavy atom. The highest BCUT2D eigenvalue weighted by Gasteiger charge is 2.26. The molecule has 1 fully saturated rings. The molecule has 8 heteroatoms. The third kappa shape index (κ3) is 2.77. The summed E-state index contributed by atoms with van der Waals surface area (Å²) in [6.45, 7) is 0.848. The first-order valence-corrected chi connectivity index (χ1v) is 8.52. The molecule has 1 N–H and O–H groups in total. The number of aromatic nitrogens is 4. The number of nitrogens with one attached hydrogen (secondary N) is 1. The van der Waals surface area contributed by atoms with Crippen molar-refractivity contribution in [1.82, 2.24) is 19.7 Å². The Bertz CT molecular complexity index is 981. The number of fused-ring (bicyclic) bond motifs is 1. The van der Waals surface area contributed by atoms with Crippen LogP contribution in [0, 0.1) is 11.6 Å². The first kappa shape index (κ1) is 15.2. The summed E-state index contributed by atoms with van der Waals surface area (Å²) in [5.74, 6) is 1.44. The van der Waals surface area contributed by atoms with Crippen molar-refractivity contribution in [2.75, 3.05) is 11.4 Å². The maximum absolute atomic E-state index is 13.6. The van der Waals surface area contributed by atoms with Crippen molar-refractivity contribution in [3.8, 4) is 0 Å². The van der Waals surface area contributed by atoms with Crippen LogP contribution in [0.5, 0.6) is 0 Å². The summed E-state index contributed by atoms with van der Waals surface area (Å²) < 4.78 is 29.1. The van der Waals surface area contributed by atoms with Crippen molar-refractivity contribution in [2.45, 2.75) is 25.3 Å². The van der Waals surface area contributed by atoms with Crippen molar-refractivity contribution in [3.63, 3.8) is 0 Å². The van der Waals surface area contributed by atoms with Crippen LogP contribution in [-0.2, 0) is 6.54 Å². The van der Waals surface area contributed by atoms with Gasteiger partial charge in [0.05, 0.1) is 13.1 Å². The number of benzene rings is 1. The van der Waals surface area contributed by atoms with E-state index in [1.807, 2.05) is 21.7 Å². The van der Waals surface area contributed by atoms with Gasteiger partial charge in [-0.3, -0.25) is 9.67 Å². The molecule has 5 rings (SSSR count). The fourth-order valence-electron chi connectivity index (χ4n) is 3.27. The average molecular weight is 354 g/mol. The normalized spacial score (nSPS) is 18.4. The zero-order chi connectivity index (χ0) is 17.7.